The van der Waals surface area contributed by atoms with Crippen molar-refractivity contribution in [2.24, 2.45) is 0 Å². The van der Waals surface area contributed by atoms with Gasteiger partial charge in [-0.2, -0.15) is 0 Å². The number of amides is 2. The van der Waals surface area contributed by atoms with Crippen LogP contribution in [0.15, 0.2) is 67.0 Å². The lowest BCUT2D eigenvalue weighted by Crippen LogP contribution is -2.49. The number of hydrogen-bond acceptors (Lipinski definition) is 6. The van der Waals surface area contributed by atoms with Gasteiger partial charge in [-0.15, -0.1) is 0 Å². The summed E-state index contributed by atoms with van der Waals surface area (Å²) in [6.45, 7) is 7.01. The van der Waals surface area contributed by atoms with Crippen LogP contribution in [0.5, 0.6) is 11.5 Å². The van der Waals surface area contributed by atoms with E-state index in [0.29, 0.717) is 38.4 Å². The summed E-state index contributed by atoms with van der Waals surface area (Å²) in [6.07, 6.45) is 6.97. The second kappa shape index (κ2) is 15.0. The number of carbonyl (C=O) groups is 2. The van der Waals surface area contributed by atoms with Gasteiger partial charge in [-0.3, -0.25) is 14.6 Å². The summed E-state index contributed by atoms with van der Waals surface area (Å²) in [4.78, 5) is 32.2. The van der Waals surface area contributed by atoms with Crippen molar-refractivity contribution in [3.63, 3.8) is 0 Å². The maximum absolute atomic E-state index is 13.5. The number of rotatable bonds is 13. The Labute approximate surface area is 237 Å². The Morgan fingerprint density at radius 1 is 1.05 bits per heavy atom. The number of pyridine rings is 1. The highest BCUT2D eigenvalue weighted by molar-refractivity contribution is 5.88. The zero-order valence-electron chi connectivity index (χ0n) is 23.5. The van der Waals surface area contributed by atoms with Crippen molar-refractivity contribution in [3.8, 4) is 11.5 Å². The van der Waals surface area contributed by atoms with Crippen LogP contribution in [-0.2, 0) is 29.2 Å². The Bertz CT molecular complexity index is 1230. The van der Waals surface area contributed by atoms with Crippen LogP contribution in [0.2, 0.25) is 0 Å². The number of aryl methyl sites for hydroxylation is 1. The number of nitrogens with one attached hydrogen (secondary N) is 2. The van der Waals surface area contributed by atoms with E-state index in [0.717, 1.165) is 53.8 Å². The van der Waals surface area contributed by atoms with Crippen molar-refractivity contribution in [3.05, 3.63) is 89.2 Å². The molecule has 1 atom stereocenters. The smallest absolute Gasteiger partial charge is 0.261 e. The topological polar surface area (TPSA) is 92.8 Å². The highest BCUT2D eigenvalue weighted by Gasteiger charge is 2.31. The maximum Gasteiger partial charge on any atom is 0.261 e. The number of benzene rings is 2. The summed E-state index contributed by atoms with van der Waals surface area (Å²) in [5, 5.41) is 6.36. The Hall–Kier alpha value is -3.91. The molecule has 0 unspecified atom stereocenters. The third-order valence-corrected chi connectivity index (χ3v) is 6.92. The number of carbonyl (C=O) groups excluding carboxylic acids is 2. The molecular formula is C32H40N4O4. The van der Waals surface area contributed by atoms with Gasteiger partial charge in [0.15, 0.2) is 6.61 Å². The normalized spacial score (nSPS) is 15.2. The first-order valence-electron chi connectivity index (χ1n) is 14.1. The molecule has 0 saturated carbocycles. The molecule has 212 valence electrons. The van der Waals surface area contributed by atoms with Gasteiger partial charge in [0, 0.05) is 38.6 Å². The predicted molar refractivity (Wildman–Crippen MR) is 155 cm³/mol. The van der Waals surface area contributed by atoms with E-state index >= 15 is 0 Å². The van der Waals surface area contributed by atoms with Gasteiger partial charge in [-0.25, -0.2) is 0 Å². The Morgan fingerprint density at radius 2 is 1.85 bits per heavy atom. The van der Waals surface area contributed by atoms with Crippen LogP contribution >= 0.6 is 0 Å². The molecule has 2 amide bonds. The summed E-state index contributed by atoms with van der Waals surface area (Å²) >= 11 is 0. The van der Waals surface area contributed by atoms with Gasteiger partial charge in [-0.1, -0.05) is 37.3 Å². The number of aromatic nitrogens is 1. The molecule has 2 aromatic carbocycles. The van der Waals surface area contributed by atoms with Crippen LogP contribution in [0.25, 0.3) is 0 Å². The first-order chi connectivity index (χ1) is 19.5. The van der Waals surface area contributed by atoms with E-state index in [2.05, 4.69) is 22.5 Å². The van der Waals surface area contributed by atoms with Crippen LogP contribution in [0.3, 0.4) is 0 Å². The average molecular weight is 545 g/mol. The highest BCUT2D eigenvalue weighted by atomic mass is 16.5. The molecule has 0 bridgehead atoms. The molecule has 8 nitrogen and oxygen atoms in total. The fourth-order valence-corrected chi connectivity index (χ4v) is 4.76. The van der Waals surface area contributed by atoms with Gasteiger partial charge >= 0.3 is 0 Å². The molecule has 0 radical (unpaired) electrons. The van der Waals surface area contributed by atoms with E-state index in [4.69, 9.17) is 9.47 Å². The maximum atomic E-state index is 13.5. The first-order valence-corrected chi connectivity index (χ1v) is 14.1. The monoisotopic (exact) mass is 544 g/mol. The first kappa shape index (κ1) is 29.1. The molecule has 1 aromatic heterocycles. The molecule has 3 aromatic rings. The predicted octanol–water partition coefficient (Wildman–Crippen LogP) is 4.54. The van der Waals surface area contributed by atoms with Crippen molar-refractivity contribution in [2.75, 3.05) is 19.8 Å². The largest absolute Gasteiger partial charge is 0.493 e. The fraction of sp³-hybridized carbons (Fsp3) is 0.406. The van der Waals surface area contributed by atoms with Gasteiger partial charge in [-0.05, 0) is 79.1 Å². The summed E-state index contributed by atoms with van der Waals surface area (Å²) in [5.74, 6) is 1.14. The average Bonchev–Trinajstić information content (AvgIpc) is 3.19. The summed E-state index contributed by atoms with van der Waals surface area (Å²) < 4.78 is 11.7. The van der Waals surface area contributed by atoms with Gasteiger partial charge in [0.25, 0.3) is 5.91 Å². The van der Waals surface area contributed by atoms with Gasteiger partial charge in [0.05, 0.1) is 6.61 Å². The lowest BCUT2D eigenvalue weighted by molar-refractivity contribution is -0.142. The minimum Gasteiger partial charge on any atom is -0.493 e. The minimum atomic E-state index is -0.525. The molecule has 2 heterocycles. The van der Waals surface area contributed by atoms with Crippen molar-refractivity contribution >= 4 is 11.8 Å². The number of nitrogens with zero attached hydrogens (tertiary/aromatic N) is 2. The van der Waals surface area contributed by atoms with Gasteiger partial charge < -0.3 is 25.0 Å². The van der Waals surface area contributed by atoms with Crippen LogP contribution in [0.4, 0.5) is 0 Å². The van der Waals surface area contributed by atoms with Crippen LogP contribution in [0, 0.1) is 6.92 Å². The number of ether oxygens (including phenoxy) is 2. The third kappa shape index (κ3) is 8.55. The Kier molecular flexibility index (Phi) is 10.9. The molecule has 40 heavy (non-hydrogen) atoms. The molecule has 0 aliphatic carbocycles. The fourth-order valence-electron chi connectivity index (χ4n) is 4.76. The zero-order chi connectivity index (χ0) is 28.2. The molecule has 8 heteroatoms. The van der Waals surface area contributed by atoms with E-state index in [9.17, 15) is 9.59 Å². The molecule has 1 aliphatic heterocycles. The molecule has 1 aliphatic rings. The summed E-state index contributed by atoms with van der Waals surface area (Å²) in [7, 11) is 0. The van der Waals surface area contributed by atoms with E-state index < -0.39 is 6.04 Å². The number of hydrogen-bond donors (Lipinski definition) is 2. The standard InChI is InChI=1S/C32H40N4O4/c1-3-17-39-30-14-11-26(18-24(30)2)22-36(29-8-4-5-16-35-32(29)38)31(37)23-40-28-12-9-25(10-13-28)19-34-21-27-7-6-15-33-20-27/h6-7,9-15,18,20,29,34H,3-5,8,16-17,19,21-23H2,1-2H3,(H,35,38)/t29-/m0/s1. The minimum absolute atomic E-state index is 0.103. The SMILES string of the molecule is CCCOc1ccc(CN(C(=O)COc2ccc(CNCc3cccnc3)cc2)[C@H]2CCCCNC2=O)cc1C. The zero-order valence-corrected chi connectivity index (χ0v) is 23.5. The van der Waals surface area contributed by atoms with Crippen molar-refractivity contribution < 1.29 is 19.1 Å². The molecular weight excluding hydrogens is 504 g/mol. The van der Waals surface area contributed by atoms with E-state index in [-0.39, 0.29) is 18.4 Å². The summed E-state index contributed by atoms with van der Waals surface area (Å²) in [6, 6.07) is 17.1. The highest BCUT2D eigenvalue weighted by Crippen LogP contribution is 2.23. The van der Waals surface area contributed by atoms with Crippen molar-refractivity contribution in [1.29, 1.82) is 0 Å². The van der Waals surface area contributed by atoms with E-state index in [1.807, 2.05) is 67.7 Å². The lowest BCUT2D eigenvalue weighted by atomic mass is 10.1. The molecule has 0 spiro atoms. The molecule has 1 saturated heterocycles. The summed E-state index contributed by atoms with van der Waals surface area (Å²) in [5.41, 5.74) is 4.20. The quantitative estimate of drug-likeness (QED) is 0.328. The van der Waals surface area contributed by atoms with E-state index in [1.54, 1.807) is 11.1 Å². The van der Waals surface area contributed by atoms with Crippen LogP contribution in [0.1, 0.15) is 54.9 Å². The molecule has 1 fully saturated rings. The van der Waals surface area contributed by atoms with Gasteiger partial charge in [0.1, 0.15) is 17.5 Å². The van der Waals surface area contributed by atoms with Gasteiger partial charge in [0.2, 0.25) is 5.91 Å². The van der Waals surface area contributed by atoms with Crippen molar-refractivity contribution in [1.82, 2.24) is 20.5 Å². The Morgan fingerprint density at radius 3 is 2.60 bits per heavy atom. The second-order valence-electron chi connectivity index (χ2n) is 10.2. The third-order valence-electron chi connectivity index (χ3n) is 6.92. The van der Waals surface area contributed by atoms with Crippen LogP contribution < -0.4 is 20.1 Å². The molecule has 4 rings (SSSR count). The molecule has 2 N–H and O–H groups in total. The Balaban J connectivity index is 1.37. The lowest BCUT2D eigenvalue weighted by Gasteiger charge is -2.30. The van der Waals surface area contributed by atoms with Crippen molar-refractivity contribution in [2.45, 2.75) is 65.2 Å². The second-order valence-corrected chi connectivity index (χ2v) is 10.2. The van der Waals surface area contributed by atoms with E-state index in [1.165, 1.54) is 0 Å². The van der Waals surface area contributed by atoms with Crippen LogP contribution in [-0.4, -0.2) is 47.5 Å².